The highest BCUT2D eigenvalue weighted by atomic mass is 35.5. The van der Waals surface area contributed by atoms with E-state index >= 15 is 0 Å². The Bertz CT molecular complexity index is 1130. The summed E-state index contributed by atoms with van der Waals surface area (Å²) in [5, 5.41) is 9.89. The molecule has 7 heteroatoms. The molecule has 1 saturated heterocycles. The van der Waals surface area contributed by atoms with Crippen molar-refractivity contribution in [3.8, 4) is 11.5 Å². The monoisotopic (exact) mass is 437 g/mol. The van der Waals surface area contributed by atoms with Crippen molar-refractivity contribution in [2.45, 2.75) is 6.61 Å². The molecular formula is C23H16ClNO4S. The second-order valence-corrected chi connectivity index (χ2v) is 7.95. The standard InChI is InChI=1S/C23H16ClNO4S/c24-17-8-4-16(5-9-17)14-29-20-10-6-15(7-11-20)12-21-22(27)25(23(28)30-21)18-2-1-3-19(26)13-18/h1-13,26H,14H2/b21-12-. The third-order valence-electron chi connectivity index (χ3n) is 4.38. The topological polar surface area (TPSA) is 66.8 Å². The fourth-order valence-electron chi connectivity index (χ4n) is 2.88. The largest absolute Gasteiger partial charge is 0.508 e. The summed E-state index contributed by atoms with van der Waals surface area (Å²) in [6.45, 7) is 0.416. The number of imide groups is 1. The van der Waals surface area contributed by atoms with Crippen LogP contribution in [0.25, 0.3) is 6.08 Å². The number of carbonyl (C=O) groups is 2. The van der Waals surface area contributed by atoms with Crippen molar-refractivity contribution in [3.05, 3.63) is 93.9 Å². The first-order chi connectivity index (χ1) is 14.5. The molecule has 0 aliphatic carbocycles. The Morgan fingerprint density at radius 2 is 1.73 bits per heavy atom. The van der Waals surface area contributed by atoms with Gasteiger partial charge in [0.1, 0.15) is 18.1 Å². The van der Waals surface area contributed by atoms with E-state index in [1.807, 2.05) is 36.4 Å². The molecule has 0 atom stereocenters. The van der Waals surface area contributed by atoms with Crippen molar-refractivity contribution in [3.63, 3.8) is 0 Å². The summed E-state index contributed by atoms with van der Waals surface area (Å²) >= 11 is 6.74. The summed E-state index contributed by atoms with van der Waals surface area (Å²) in [5.41, 5.74) is 2.12. The molecule has 1 aliphatic heterocycles. The summed E-state index contributed by atoms with van der Waals surface area (Å²) in [5.74, 6) is 0.262. The Hall–Kier alpha value is -3.22. The molecule has 4 rings (SSSR count). The number of benzene rings is 3. The maximum atomic E-state index is 12.7. The van der Waals surface area contributed by atoms with Crippen LogP contribution in [0.3, 0.4) is 0 Å². The zero-order chi connectivity index (χ0) is 21.1. The Balaban J connectivity index is 1.45. The van der Waals surface area contributed by atoms with Gasteiger partial charge in [-0.15, -0.1) is 0 Å². The molecule has 1 N–H and O–H groups in total. The predicted molar refractivity (Wildman–Crippen MR) is 119 cm³/mol. The highest BCUT2D eigenvalue weighted by Gasteiger charge is 2.36. The lowest BCUT2D eigenvalue weighted by molar-refractivity contribution is -0.113. The third-order valence-corrected chi connectivity index (χ3v) is 5.50. The molecular weight excluding hydrogens is 422 g/mol. The van der Waals surface area contributed by atoms with Gasteiger partial charge in [-0.25, -0.2) is 4.90 Å². The van der Waals surface area contributed by atoms with Crippen molar-refractivity contribution in [2.24, 2.45) is 0 Å². The highest BCUT2D eigenvalue weighted by molar-refractivity contribution is 8.19. The second-order valence-electron chi connectivity index (χ2n) is 6.52. The number of thioether (sulfide) groups is 1. The average Bonchev–Trinajstić information content (AvgIpc) is 3.01. The molecule has 2 amide bonds. The Morgan fingerprint density at radius 3 is 2.43 bits per heavy atom. The SMILES string of the molecule is O=C1S/C(=C\c2ccc(OCc3ccc(Cl)cc3)cc2)C(=O)N1c1cccc(O)c1. The number of anilines is 1. The van der Waals surface area contributed by atoms with E-state index < -0.39 is 11.1 Å². The van der Waals surface area contributed by atoms with Gasteiger partial charge in [-0.05, 0) is 65.4 Å². The molecule has 0 radical (unpaired) electrons. The molecule has 1 aliphatic rings. The Morgan fingerprint density at radius 1 is 1.00 bits per heavy atom. The Labute approximate surface area is 182 Å². The normalized spacial score (nSPS) is 15.1. The van der Waals surface area contributed by atoms with E-state index in [0.29, 0.717) is 28.0 Å². The van der Waals surface area contributed by atoms with E-state index in [1.165, 1.54) is 12.1 Å². The number of carbonyl (C=O) groups excluding carboxylic acids is 2. The van der Waals surface area contributed by atoms with E-state index in [1.54, 1.807) is 30.3 Å². The van der Waals surface area contributed by atoms with E-state index in [9.17, 15) is 14.7 Å². The summed E-state index contributed by atoms with van der Waals surface area (Å²) in [6.07, 6.45) is 1.66. The lowest BCUT2D eigenvalue weighted by Gasteiger charge is -2.12. The number of phenols is 1. The van der Waals surface area contributed by atoms with Gasteiger partial charge in [-0.3, -0.25) is 9.59 Å². The number of phenolic OH excluding ortho intramolecular Hbond substituents is 1. The number of hydrogen-bond donors (Lipinski definition) is 1. The maximum absolute atomic E-state index is 12.7. The molecule has 0 spiro atoms. The van der Waals surface area contributed by atoms with Gasteiger partial charge in [0, 0.05) is 11.1 Å². The van der Waals surface area contributed by atoms with Gasteiger partial charge in [0.15, 0.2) is 0 Å². The van der Waals surface area contributed by atoms with E-state index in [-0.39, 0.29) is 5.75 Å². The summed E-state index contributed by atoms with van der Waals surface area (Å²) < 4.78 is 5.76. The summed E-state index contributed by atoms with van der Waals surface area (Å²) in [7, 11) is 0. The molecule has 150 valence electrons. The summed E-state index contributed by atoms with van der Waals surface area (Å²) in [6, 6.07) is 20.7. The minimum Gasteiger partial charge on any atom is -0.508 e. The quantitative estimate of drug-likeness (QED) is 0.506. The first kappa shape index (κ1) is 20.1. The van der Waals surface area contributed by atoms with Crippen molar-refractivity contribution in [1.29, 1.82) is 0 Å². The first-order valence-corrected chi connectivity index (χ1v) is 10.2. The fourth-order valence-corrected chi connectivity index (χ4v) is 3.85. The van der Waals surface area contributed by atoms with Crippen LogP contribution < -0.4 is 9.64 Å². The van der Waals surface area contributed by atoms with Gasteiger partial charge in [-0.2, -0.15) is 0 Å². The van der Waals surface area contributed by atoms with Gasteiger partial charge in [0.25, 0.3) is 11.1 Å². The minimum absolute atomic E-state index is 0.00952. The van der Waals surface area contributed by atoms with E-state index in [4.69, 9.17) is 16.3 Å². The van der Waals surface area contributed by atoms with Gasteiger partial charge in [0.2, 0.25) is 0 Å². The highest BCUT2D eigenvalue weighted by Crippen LogP contribution is 2.36. The number of ether oxygens (including phenoxy) is 1. The molecule has 1 fully saturated rings. The number of amides is 2. The second kappa shape index (κ2) is 8.65. The van der Waals surface area contributed by atoms with Crippen LogP contribution in [0.4, 0.5) is 10.5 Å². The average molecular weight is 438 g/mol. The van der Waals surface area contributed by atoms with Crippen molar-refractivity contribution < 1.29 is 19.4 Å². The van der Waals surface area contributed by atoms with Gasteiger partial charge >= 0.3 is 0 Å². The number of rotatable bonds is 5. The molecule has 0 unspecified atom stereocenters. The molecule has 0 bridgehead atoms. The van der Waals surface area contributed by atoms with Gasteiger partial charge in [0.05, 0.1) is 10.6 Å². The molecule has 3 aromatic carbocycles. The molecule has 5 nitrogen and oxygen atoms in total. The Kier molecular flexibility index (Phi) is 5.79. The van der Waals surface area contributed by atoms with Crippen molar-refractivity contribution >= 4 is 46.3 Å². The van der Waals surface area contributed by atoms with E-state index in [0.717, 1.165) is 27.8 Å². The van der Waals surface area contributed by atoms with Crippen LogP contribution in [-0.2, 0) is 11.4 Å². The fraction of sp³-hybridized carbons (Fsp3) is 0.0435. The van der Waals surface area contributed by atoms with Gasteiger partial charge in [-0.1, -0.05) is 41.9 Å². The zero-order valence-electron chi connectivity index (χ0n) is 15.6. The smallest absolute Gasteiger partial charge is 0.298 e. The third kappa shape index (κ3) is 4.50. The lowest BCUT2D eigenvalue weighted by Crippen LogP contribution is -2.27. The van der Waals surface area contributed by atoms with Crippen molar-refractivity contribution in [1.82, 2.24) is 0 Å². The van der Waals surface area contributed by atoms with Crippen LogP contribution in [0.1, 0.15) is 11.1 Å². The molecule has 30 heavy (non-hydrogen) atoms. The molecule has 3 aromatic rings. The van der Waals surface area contributed by atoms with Crippen molar-refractivity contribution in [2.75, 3.05) is 4.90 Å². The zero-order valence-corrected chi connectivity index (χ0v) is 17.2. The number of halogens is 1. The molecule has 0 aromatic heterocycles. The van der Waals surface area contributed by atoms with Crippen LogP contribution in [0.2, 0.25) is 5.02 Å². The predicted octanol–water partition coefficient (Wildman–Crippen LogP) is 5.87. The number of aromatic hydroxyl groups is 1. The van der Waals surface area contributed by atoms with Crippen LogP contribution in [-0.4, -0.2) is 16.3 Å². The number of hydrogen-bond acceptors (Lipinski definition) is 5. The lowest BCUT2D eigenvalue weighted by atomic mass is 10.2. The van der Waals surface area contributed by atoms with Crippen LogP contribution in [0, 0.1) is 0 Å². The van der Waals surface area contributed by atoms with E-state index in [2.05, 4.69) is 0 Å². The molecule has 0 saturated carbocycles. The van der Waals surface area contributed by atoms with Crippen LogP contribution in [0.5, 0.6) is 11.5 Å². The van der Waals surface area contributed by atoms with Crippen LogP contribution >= 0.6 is 23.4 Å². The summed E-state index contributed by atoms with van der Waals surface area (Å²) in [4.78, 5) is 26.4. The number of nitrogens with zero attached hydrogens (tertiary/aromatic N) is 1. The molecule has 1 heterocycles. The van der Waals surface area contributed by atoms with Gasteiger partial charge < -0.3 is 9.84 Å². The van der Waals surface area contributed by atoms with Crippen LogP contribution in [0.15, 0.2) is 77.7 Å². The minimum atomic E-state index is -0.418. The first-order valence-electron chi connectivity index (χ1n) is 9.04. The maximum Gasteiger partial charge on any atom is 0.298 e.